The number of amides is 1. The van der Waals surface area contributed by atoms with E-state index in [-0.39, 0.29) is 0 Å². The van der Waals surface area contributed by atoms with Crippen molar-refractivity contribution >= 4 is 23.5 Å². The molecule has 0 radical (unpaired) electrons. The number of carboxylic acid groups (broad SMARTS) is 1. The molecule has 0 atom stereocenters. The van der Waals surface area contributed by atoms with Crippen LogP contribution in [0.5, 0.6) is 0 Å². The first-order valence-electron chi connectivity index (χ1n) is 8.39. The third-order valence-electron chi connectivity index (χ3n) is 4.38. The van der Waals surface area contributed by atoms with Crippen molar-refractivity contribution in [3.05, 3.63) is 47.6 Å². The van der Waals surface area contributed by atoms with Crippen LogP contribution in [0.4, 0.5) is 10.6 Å². The number of aromatic nitrogens is 3. The van der Waals surface area contributed by atoms with E-state index in [2.05, 4.69) is 15.1 Å². The minimum Gasteiger partial charge on any atom is -0.465 e. The Hall–Kier alpha value is -3.13. The van der Waals surface area contributed by atoms with Crippen LogP contribution in [-0.4, -0.2) is 57.4 Å². The Kier molecular flexibility index (Phi) is 4.64. The maximum Gasteiger partial charge on any atom is 0.407 e. The SMILES string of the molecule is O=C(O)N1CCN(c2ncccc2-c2nc(-c3cccc(Cl)c3)no2)CC1. The lowest BCUT2D eigenvalue weighted by Crippen LogP contribution is -2.48. The average Bonchev–Trinajstić information content (AvgIpc) is 3.18. The Bertz CT molecular complexity index is 969. The van der Waals surface area contributed by atoms with Gasteiger partial charge in [-0.05, 0) is 24.3 Å². The molecule has 0 spiro atoms. The first kappa shape index (κ1) is 17.3. The minimum absolute atomic E-state index is 0.355. The molecule has 138 valence electrons. The normalized spacial score (nSPS) is 14.4. The van der Waals surface area contributed by atoms with E-state index in [0.717, 1.165) is 5.56 Å². The van der Waals surface area contributed by atoms with Crippen molar-refractivity contribution < 1.29 is 14.4 Å². The molecule has 0 bridgehead atoms. The van der Waals surface area contributed by atoms with E-state index in [1.54, 1.807) is 24.4 Å². The van der Waals surface area contributed by atoms with Crippen molar-refractivity contribution in [3.63, 3.8) is 0 Å². The highest BCUT2D eigenvalue weighted by Gasteiger charge is 2.24. The van der Waals surface area contributed by atoms with Crippen molar-refractivity contribution in [2.24, 2.45) is 0 Å². The molecule has 1 aliphatic heterocycles. The Morgan fingerprint density at radius 1 is 1.15 bits per heavy atom. The van der Waals surface area contributed by atoms with E-state index in [4.69, 9.17) is 21.2 Å². The molecule has 1 aliphatic rings. The lowest BCUT2D eigenvalue weighted by Gasteiger charge is -2.34. The van der Waals surface area contributed by atoms with E-state index >= 15 is 0 Å². The molecular formula is C18H16ClN5O3. The number of benzene rings is 1. The van der Waals surface area contributed by atoms with Gasteiger partial charge in [-0.2, -0.15) is 4.98 Å². The quantitative estimate of drug-likeness (QED) is 0.739. The number of hydrogen-bond acceptors (Lipinski definition) is 6. The van der Waals surface area contributed by atoms with Crippen LogP contribution in [0.2, 0.25) is 5.02 Å². The van der Waals surface area contributed by atoms with Gasteiger partial charge in [-0.3, -0.25) is 0 Å². The van der Waals surface area contributed by atoms with E-state index in [0.29, 0.717) is 54.3 Å². The van der Waals surface area contributed by atoms with Gasteiger partial charge in [0.25, 0.3) is 5.89 Å². The topological polar surface area (TPSA) is 95.6 Å². The van der Waals surface area contributed by atoms with Crippen molar-refractivity contribution in [1.82, 2.24) is 20.0 Å². The van der Waals surface area contributed by atoms with E-state index in [1.165, 1.54) is 4.90 Å². The molecule has 0 unspecified atom stereocenters. The fourth-order valence-electron chi connectivity index (χ4n) is 3.00. The van der Waals surface area contributed by atoms with Crippen LogP contribution in [0, 0.1) is 0 Å². The minimum atomic E-state index is -0.904. The Morgan fingerprint density at radius 3 is 2.70 bits per heavy atom. The average molecular weight is 386 g/mol. The van der Waals surface area contributed by atoms with Gasteiger partial charge in [0, 0.05) is 43.0 Å². The summed E-state index contributed by atoms with van der Waals surface area (Å²) in [5, 5.41) is 13.8. The second-order valence-corrected chi connectivity index (χ2v) is 6.50. The standard InChI is InChI=1S/C18H16ClN5O3/c19-13-4-1-3-12(11-13)15-21-17(27-22-15)14-5-2-6-20-16(14)23-7-9-24(10-8-23)18(25)26/h1-6,11H,7-10H2,(H,25,26). The van der Waals surface area contributed by atoms with Gasteiger partial charge in [0.05, 0.1) is 5.56 Å². The van der Waals surface area contributed by atoms with Gasteiger partial charge in [0.1, 0.15) is 5.82 Å². The van der Waals surface area contributed by atoms with Gasteiger partial charge < -0.3 is 19.4 Å². The number of anilines is 1. The predicted octanol–water partition coefficient (Wildman–Crippen LogP) is 3.25. The van der Waals surface area contributed by atoms with Crippen LogP contribution in [0.15, 0.2) is 47.1 Å². The summed E-state index contributed by atoms with van der Waals surface area (Å²) in [5.74, 6) is 1.50. The van der Waals surface area contributed by atoms with Crippen molar-refractivity contribution in [2.75, 3.05) is 31.1 Å². The molecule has 0 saturated carbocycles. The number of carbonyl (C=O) groups is 1. The molecule has 0 aliphatic carbocycles. The molecule has 1 amide bonds. The number of nitrogens with zero attached hydrogens (tertiary/aromatic N) is 5. The van der Waals surface area contributed by atoms with E-state index < -0.39 is 6.09 Å². The van der Waals surface area contributed by atoms with Crippen molar-refractivity contribution in [1.29, 1.82) is 0 Å². The highest BCUT2D eigenvalue weighted by molar-refractivity contribution is 6.30. The maximum atomic E-state index is 11.1. The van der Waals surface area contributed by atoms with Gasteiger partial charge in [0.2, 0.25) is 5.82 Å². The van der Waals surface area contributed by atoms with Crippen LogP contribution in [0.1, 0.15) is 0 Å². The van der Waals surface area contributed by atoms with E-state index in [1.807, 2.05) is 23.1 Å². The van der Waals surface area contributed by atoms with Crippen LogP contribution < -0.4 is 4.90 Å². The summed E-state index contributed by atoms with van der Waals surface area (Å²) in [4.78, 5) is 23.5. The fraction of sp³-hybridized carbons (Fsp3) is 0.222. The summed E-state index contributed by atoms with van der Waals surface area (Å²) in [6, 6.07) is 10.9. The number of piperazine rings is 1. The lowest BCUT2D eigenvalue weighted by atomic mass is 10.2. The second-order valence-electron chi connectivity index (χ2n) is 6.06. The van der Waals surface area contributed by atoms with Crippen molar-refractivity contribution in [2.45, 2.75) is 0 Å². The molecule has 1 aromatic carbocycles. The summed E-state index contributed by atoms with van der Waals surface area (Å²) in [6.45, 7) is 1.93. The van der Waals surface area contributed by atoms with Crippen LogP contribution in [-0.2, 0) is 0 Å². The number of pyridine rings is 1. The van der Waals surface area contributed by atoms with Gasteiger partial charge in [-0.1, -0.05) is 28.9 Å². The molecule has 8 nitrogen and oxygen atoms in total. The first-order valence-corrected chi connectivity index (χ1v) is 8.77. The molecule has 1 N–H and O–H groups in total. The second kappa shape index (κ2) is 7.24. The largest absolute Gasteiger partial charge is 0.465 e. The third kappa shape index (κ3) is 3.56. The number of hydrogen-bond donors (Lipinski definition) is 1. The molecule has 27 heavy (non-hydrogen) atoms. The monoisotopic (exact) mass is 385 g/mol. The van der Waals surface area contributed by atoms with Crippen LogP contribution >= 0.6 is 11.6 Å². The highest BCUT2D eigenvalue weighted by atomic mass is 35.5. The Morgan fingerprint density at radius 2 is 1.96 bits per heavy atom. The summed E-state index contributed by atoms with van der Waals surface area (Å²) < 4.78 is 5.46. The smallest absolute Gasteiger partial charge is 0.407 e. The molecule has 2 aromatic heterocycles. The molecule has 9 heteroatoms. The van der Waals surface area contributed by atoms with Crippen LogP contribution in [0.3, 0.4) is 0 Å². The molecule has 3 aromatic rings. The summed E-state index contributed by atoms with van der Waals surface area (Å²) in [6.07, 6.45) is 0.787. The first-order chi connectivity index (χ1) is 13.1. The lowest BCUT2D eigenvalue weighted by molar-refractivity contribution is 0.142. The number of rotatable bonds is 3. The Labute approximate surface area is 160 Å². The fourth-order valence-corrected chi connectivity index (χ4v) is 3.19. The molecule has 1 fully saturated rings. The zero-order valence-electron chi connectivity index (χ0n) is 14.2. The third-order valence-corrected chi connectivity index (χ3v) is 4.61. The van der Waals surface area contributed by atoms with Gasteiger partial charge in [0.15, 0.2) is 0 Å². The van der Waals surface area contributed by atoms with Gasteiger partial charge >= 0.3 is 6.09 Å². The molecule has 3 heterocycles. The summed E-state index contributed by atoms with van der Waals surface area (Å²) in [7, 11) is 0. The predicted molar refractivity (Wildman–Crippen MR) is 99.8 cm³/mol. The summed E-state index contributed by atoms with van der Waals surface area (Å²) >= 11 is 6.03. The van der Waals surface area contributed by atoms with Gasteiger partial charge in [-0.25, -0.2) is 9.78 Å². The summed E-state index contributed by atoms with van der Waals surface area (Å²) in [5.41, 5.74) is 1.47. The maximum absolute atomic E-state index is 11.1. The zero-order chi connectivity index (χ0) is 18.8. The van der Waals surface area contributed by atoms with E-state index in [9.17, 15) is 4.79 Å². The van der Waals surface area contributed by atoms with Crippen LogP contribution in [0.25, 0.3) is 22.8 Å². The molecule has 4 rings (SSSR count). The highest BCUT2D eigenvalue weighted by Crippen LogP contribution is 2.30. The molecule has 1 saturated heterocycles. The van der Waals surface area contributed by atoms with Gasteiger partial charge in [-0.15, -0.1) is 0 Å². The number of halogens is 1. The molecular weight excluding hydrogens is 370 g/mol. The Balaban J connectivity index is 1.62. The zero-order valence-corrected chi connectivity index (χ0v) is 15.0. The van der Waals surface area contributed by atoms with Crippen molar-refractivity contribution in [3.8, 4) is 22.8 Å².